The fraction of sp³-hybridized carbons (Fsp3) is 0.357. The van der Waals surface area contributed by atoms with Crippen molar-refractivity contribution in [1.29, 1.82) is 0 Å². The standard InChI is InChI=1S/C28H33Cl2N5O2S/c1-6-13-35-26(24(14-17(2)3)32-27(37)22-12-9-20(29)15-23(22)30)33-34-28(35)38-16-25(36)31-21-10-7-19(8-11-21)18(4)5/h6-12,15,17-18,24H,1,13-14,16H2,2-5H3,(H,31,36)(H,32,37)/t24-/m0/s1. The van der Waals surface area contributed by atoms with Crippen LogP contribution in [-0.4, -0.2) is 32.3 Å². The van der Waals surface area contributed by atoms with Gasteiger partial charge in [0.2, 0.25) is 5.91 Å². The van der Waals surface area contributed by atoms with Crippen LogP contribution >= 0.6 is 35.0 Å². The van der Waals surface area contributed by atoms with Gasteiger partial charge in [0, 0.05) is 17.3 Å². The fourth-order valence-electron chi connectivity index (χ4n) is 3.85. The molecule has 7 nitrogen and oxygen atoms in total. The monoisotopic (exact) mass is 573 g/mol. The highest BCUT2D eigenvalue weighted by Crippen LogP contribution is 2.27. The smallest absolute Gasteiger partial charge is 0.253 e. The maximum atomic E-state index is 13.1. The number of halogens is 2. The van der Waals surface area contributed by atoms with E-state index in [2.05, 4.69) is 55.1 Å². The summed E-state index contributed by atoms with van der Waals surface area (Å²) in [4.78, 5) is 25.7. The summed E-state index contributed by atoms with van der Waals surface area (Å²) in [6, 6.07) is 12.2. The molecule has 10 heteroatoms. The third-order valence-corrected chi connectivity index (χ3v) is 7.27. The summed E-state index contributed by atoms with van der Waals surface area (Å²) in [5.41, 5.74) is 2.28. The number of nitrogens with one attached hydrogen (secondary N) is 2. The van der Waals surface area contributed by atoms with Crippen molar-refractivity contribution in [3.8, 4) is 0 Å². The van der Waals surface area contributed by atoms with E-state index in [0.29, 0.717) is 40.5 Å². The lowest BCUT2D eigenvalue weighted by molar-refractivity contribution is -0.113. The average molecular weight is 575 g/mol. The Morgan fingerprint density at radius 3 is 2.39 bits per heavy atom. The summed E-state index contributed by atoms with van der Waals surface area (Å²) in [6.45, 7) is 12.7. The molecule has 202 valence electrons. The average Bonchev–Trinajstić information content (AvgIpc) is 3.25. The number of rotatable bonds is 12. The first-order valence-electron chi connectivity index (χ1n) is 12.4. The van der Waals surface area contributed by atoms with E-state index < -0.39 is 6.04 Å². The number of hydrogen-bond acceptors (Lipinski definition) is 5. The number of allylic oxidation sites excluding steroid dienone is 1. The van der Waals surface area contributed by atoms with Crippen LogP contribution in [0.3, 0.4) is 0 Å². The van der Waals surface area contributed by atoms with Gasteiger partial charge in [0.15, 0.2) is 11.0 Å². The third kappa shape index (κ3) is 8.09. The number of thioether (sulfide) groups is 1. The number of carbonyl (C=O) groups excluding carboxylic acids is 2. The first kappa shape index (κ1) is 29.7. The molecular formula is C28H33Cl2N5O2S. The highest BCUT2D eigenvalue weighted by molar-refractivity contribution is 7.99. The highest BCUT2D eigenvalue weighted by Gasteiger charge is 2.25. The molecule has 0 aliphatic heterocycles. The van der Waals surface area contributed by atoms with Crippen LogP contribution in [-0.2, 0) is 11.3 Å². The molecule has 0 spiro atoms. The summed E-state index contributed by atoms with van der Waals surface area (Å²) >= 11 is 13.5. The number of anilines is 1. The summed E-state index contributed by atoms with van der Waals surface area (Å²) < 4.78 is 1.87. The van der Waals surface area contributed by atoms with Crippen molar-refractivity contribution in [1.82, 2.24) is 20.1 Å². The molecule has 0 unspecified atom stereocenters. The van der Waals surface area contributed by atoms with E-state index in [1.165, 1.54) is 23.4 Å². The van der Waals surface area contributed by atoms with Crippen molar-refractivity contribution < 1.29 is 9.59 Å². The molecule has 0 fully saturated rings. The Morgan fingerprint density at radius 2 is 1.79 bits per heavy atom. The van der Waals surface area contributed by atoms with Crippen LogP contribution in [0, 0.1) is 5.92 Å². The Labute approximate surface area is 238 Å². The van der Waals surface area contributed by atoms with Crippen molar-refractivity contribution in [2.24, 2.45) is 5.92 Å². The van der Waals surface area contributed by atoms with Gasteiger partial charge in [-0.25, -0.2) is 0 Å². The first-order chi connectivity index (χ1) is 18.1. The minimum atomic E-state index is -0.427. The van der Waals surface area contributed by atoms with E-state index >= 15 is 0 Å². The van der Waals surface area contributed by atoms with Gasteiger partial charge in [0.05, 0.1) is 22.4 Å². The van der Waals surface area contributed by atoms with Crippen molar-refractivity contribution in [3.05, 3.63) is 82.1 Å². The summed E-state index contributed by atoms with van der Waals surface area (Å²) in [6.07, 6.45) is 2.36. The van der Waals surface area contributed by atoms with Crippen LogP contribution in [0.5, 0.6) is 0 Å². The molecule has 1 atom stereocenters. The Balaban J connectivity index is 1.75. The van der Waals surface area contributed by atoms with Gasteiger partial charge < -0.3 is 15.2 Å². The maximum Gasteiger partial charge on any atom is 0.253 e. The molecule has 3 aromatic rings. The lowest BCUT2D eigenvalue weighted by atomic mass is 10.0. The van der Waals surface area contributed by atoms with Gasteiger partial charge in [0.25, 0.3) is 5.91 Å². The van der Waals surface area contributed by atoms with Crippen molar-refractivity contribution in [3.63, 3.8) is 0 Å². The van der Waals surface area contributed by atoms with Gasteiger partial charge in [-0.05, 0) is 54.2 Å². The van der Waals surface area contributed by atoms with Crippen LogP contribution in [0.4, 0.5) is 5.69 Å². The van der Waals surface area contributed by atoms with Gasteiger partial charge in [0.1, 0.15) is 0 Å². The van der Waals surface area contributed by atoms with Crippen molar-refractivity contribution in [2.45, 2.75) is 57.8 Å². The molecule has 0 aliphatic rings. The normalized spacial score (nSPS) is 12.0. The molecule has 0 bridgehead atoms. The van der Waals surface area contributed by atoms with Gasteiger partial charge >= 0.3 is 0 Å². The van der Waals surface area contributed by atoms with E-state index in [0.717, 1.165) is 5.69 Å². The van der Waals surface area contributed by atoms with Crippen LogP contribution in [0.1, 0.15) is 67.8 Å². The molecule has 2 N–H and O–H groups in total. The Bertz CT molecular complexity index is 1270. The van der Waals surface area contributed by atoms with Crippen LogP contribution in [0.2, 0.25) is 10.0 Å². The summed E-state index contributed by atoms with van der Waals surface area (Å²) in [7, 11) is 0. The SMILES string of the molecule is C=CCn1c(SCC(=O)Nc2ccc(C(C)C)cc2)nnc1[C@H](CC(C)C)NC(=O)c1ccc(Cl)cc1Cl. The molecule has 0 radical (unpaired) electrons. The molecule has 2 aromatic carbocycles. The maximum absolute atomic E-state index is 13.1. The van der Waals surface area contributed by atoms with Crippen molar-refractivity contribution >= 4 is 52.5 Å². The lowest BCUT2D eigenvalue weighted by Crippen LogP contribution is -2.32. The quantitative estimate of drug-likeness (QED) is 0.177. The summed E-state index contributed by atoms with van der Waals surface area (Å²) in [5.74, 6) is 0.952. The number of hydrogen-bond donors (Lipinski definition) is 2. The summed E-state index contributed by atoms with van der Waals surface area (Å²) in [5, 5.41) is 16.0. The topological polar surface area (TPSA) is 88.9 Å². The second-order valence-electron chi connectivity index (χ2n) is 9.63. The van der Waals surface area contributed by atoms with Gasteiger partial charge in [-0.3, -0.25) is 9.59 Å². The molecule has 3 rings (SSSR count). The predicted molar refractivity (Wildman–Crippen MR) is 156 cm³/mol. The van der Waals surface area contributed by atoms with Crippen molar-refractivity contribution in [2.75, 3.05) is 11.1 Å². The molecule has 38 heavy (non-hydrogen) atoms. The lowest BCUT2D eigenvalue weighted by Gasteiger charge is -2.21. The molecule has 0 saturated heterocycles. The molecule has 1 heterocycles. The minimum absolute atomic E-state index is 0.147. The third-order valence-electron chi connectivity index (χ3n) is 5.75. The van der Waals surface area contributed by atoms with E-state index in [1.807, 2.05) is 28.8 Å². The number of nitrogens with zero attached hydrogens (tertiary/aromatic N) is 3. The van der Waals surface area contributed by atoms with E-state index in [4.69, 9.17) is 23.2 Å². The second-order valence-corrected chi connectivity index (χ2v) is 11.4. The van der Waals surface area contributed by atoms with Gasteiger partial charge in [-0.1, -0.05) is 80.9 Å². The largest absolute Gasteiger partial charge is 0.342 e. The zero-order valence-corrected chi connectivity index (χ0v) is 24.3. The van der Waals surface area contributed by atoms with E-state index in [1.54, 1.807) is 18.2 Å². The van der Waals surface area contributed by atoms with Gasteiger partial charge in [-0.15, -0.1) is 16.8 Å². The van der Waals surface area contributed by atoms with Crippen LogP contribution in [0.15, 0.2) is 60.3 Å². The number of amides is 2. The molecular weight excluding hydrogens is 541 g/mol. The molecule has 0 saturated carbocycles. The van der Waals surface area contributed by atoms with E-state index in [9.17, 15) is 9.59 Å². The number of aromatic nitrogens is 3. The zero-order valence-electron chi connectivity index (χ0n) is 22.0. The van der Waals surface area contributed by atoms with Crippen LogP contribution < -0.4 is 10.6 Å². The Kier molecular flexibility index (Phi) is 10.8. The Morgan fingerprint density at radius 1 is 1.08 bits per heavy atom. The van der Waals surface area contributed by atoms with E-state index in [-0.39, 0.29) is 28.5 Å². The number of carbonyl (C=O) groups is 2. The second kappa shape index (κ2) is 13.8. The minimum Gasteiger partial charge on any atom is -0.342 e. The van der Waals surface area contributed by atoms with Gasteiger partial charge in [-0.2, -0.15) is 0 Å². The fourth-order valence-corrected chi connectivity index (χ4v) is 5.10. The molecule has 0 aliphatic carbocycles. The zero-order chi connectivity index (χ0) is 27.8. The van der Waals surface area contributed by atoms with Crippen LogP contribution in [0.25, 0.3) is 0 Å². The first-order valence-corrected chi connectivity index (χ1v) is 14.2. The highest BCUT2D eigenvalue weighted by atomic mass is 35.5. The molecule has 1 aromatic heterocycles. The Hall–Kier alpha value is -2.81. The predicted octanol–water partition coefficient (Wildman–Crippen LogP) is 7.14. The molecule has 2 amide bonds. The number of benzene rings is 2.